The number of ether oxygens (including phenoxy) is 1. The number of fused-ring (bicyclic) bond motifs is 1. The van der Waals surface area contributed by atoms with Crippen LogP contribution in [0.25, 0.3) is 0 Å². The van der Waals surface area contributed by atoms with E-state index in [1.165, 1.54) is 17.5 Å². The highest BCUT2D eigenvalue weighted by molar-refractivity contribution is 7.92. The third-order valence-corrected chi connectivity index (χ3v) is 7.71. The Morgan fingerprint density at radius 3 is 2.38 bits per heavy atom. The van der Waals surface area contributed by atoms with Crippen molar-refractivity contribution in [3.63, 3.8) is 0 Å². The standard InChI is InChI=1S/C25H26N2O4S/c1-18-16-25(26(19(2)28)20-10-5-4-6-11-20)23-14-7-8-15-24(23)27(18)32(29,30)22-13-9-12-21(17-22)31-3/h4-15,17-18,25H,16H2,1-3H3. The van der Waals surface area contributed by atoms with Gasteiger partial charge in [0.1, 0.15) is 5.75 Å². The van der Waals surface area contributed by atoms with Crippen molar-refractivity contribution in [2.45, 2.75) is 37.2 Å². The molecule has 1 aliphatic heterocycles. The van der Waals surface area contributed by atoms with E-state index in [2.05, 4.69) is 0 Å². The molecule has 0 saturated carbocycles. The molecule has 0 radical (unpaired) electrons. The summed E-state index contributed by atoms with van der Waals surface area (Å²) in [5.41, 5.74) is 2.17. The van der Waals surface area contributed by atoms with Crippen molar-refractivity contribution in [3.05, 3.63) is 84.4 Å². The van der Waals surface area contributed by atoms with Gasteiger partial charge in [0.15, 0.2) is 0 Å². The van der Waals surface area contributed by atoms with Crippen molar-refractivity contribution in [1.29, 1.82) is 0 Å². The highest BCUT2D eigenvalue weighted by Crippen LogP contribution is 2.44. The van der Waals surface area contributed by atoms with Crippen LogP contribution in [0.15, 0.2) is 83.8 Å². The number of nitrogens with zero attached hydrogens (tertiary/aromatic N) is 2. The van der Waals surface area contributed by atoms with E-state index < -0.39 is 10.0 Å². The van der Waals surface area contributed by atoms with E-state index in [9.17, 15) is 13.2 Å². The lowest BCUT2D eigenvalue weighted by molar-refractivity contribution is -0.117. The SMILES string of the molecule is COc1cccc(S(=O)(=O)N2c3ccccc3C(N(C(C)=O)c3ccccc3)CC2C)c1. The monoisotopic (exact) mass is 450 g/mol. The number of para-hydroxylation sites is 2. The van der Waals surface area contributed by atoms with Gasteiger partial charge in [0.2, 0.25) is 5.91 Å². The van der Waals surface area contributed by atoms with Crippen LogP contribution in [-0.4, -0.2) is 27.5 Å². The minimum Gasteiger partial charge on any atom is -0.497 e. The van der Waals surface area contributed by atoms with Crippen molar-refractivity contribution < 1.29 is 17.9 Å². The zero-order valence-corrected chi connectivity index (χ0v) is 19.1. The summed E-state index contributed by atoms with van der Waals surface area (Å²) in [6.45, 7) is 3.42. The number of sulfonamides is 1. The van der Waals surface area contributed by atoms with E-state index in [1.54, 1.807) is 36.1 Å². The maximum atomic E-state index is 13.7. The number of hydrogen-bond donors (Lipinski definition) is 0. The number of amides is 1. The molecule has 1 heterocycles. The van der Waals surface area contributed by atoms with Crippen LogP contribution in [0.4, 0.5) is 11.4 Å². The second-order valence-corrected chi connectivity index (χ2v) is 9.68. The molecule has 0 bridgehead atoms. The fourth-order valence-corrected chi connectivity index (χ4v) is 6.14. The smallest absolute Gasteiger partial charge is 0.264 e. The van der Waals surface area contributed by atoms with Gasteiger partial charge in [-0.3, -0.25) is 9.10 Å². The molecule has 3 aromatic rings. The minimum atomic E-state index is -3.84. The van der Waals surface area contributed by atoms with Crippen LogP contribution in [0.5, 0.6) is 5.75 Å². The summed E-state index contributed by atoms with van der Waals surface area (Å²) in [6, 6.07) is 22.7. The van der Waals surface area contributed by atoms with Crippen LogP contribution >= 0.6 is 0 Å². The molecular formula is C25H26N2O4S. The molecule has 0 spiro atoms. The van der Waals surface area contributed by atoms with Crippen molar-refractivity contribution in [1.82, 2.24) is 0 Å². The summed E-state index contributed by atoms with van der Waals surface area (Å²) < 4.78 is 34.1. The Balaban J connectivity index is 1.83. The molecular weight excluding hydrogens is 424 g/mol. The van der Waals surface area contributed by atoms with Gasteiger partial charge in [0.25, 0.3) is 10.0 Å². The second kappa shape index (κ2) is 8.67. The largest absolute Gasteiger partial charge is 0.497 e. The van der Waals surface area contributed by atoms with Crippen molar-refractivity contribution >= 4 is 27.3 Å². The second-order valence-electron chi connectivity index (χ2n) is 7.86. The summed E-state index contributed by atoms with van der Waals surface area (Å²) in [5.74, 6) is 0.390. The van der Waals surface area contributed by atoms with E-state index >= 15 is 0 Å². The number of methoxy groups -OCH3 is 1. The first kappa shape index (κ1) is 21.9. The van der Waals surface area contributed by atoms with Crippen molar-refractivity contribution in [2.75, 3.05) is 16.3 Å². The zero-order valence-electron chi connectivity index (χ0n) is 18.3. The van der Waals surface area contributed by atoms with Crippen LogP contribution in [0.1, 0.15) is 31.9 Å². The molecule has 2 atom stereocenters. The van der Waals surface area contributed by atoms with Gasteiger partial charge in [0.05, 0.1) is 23.7 Å². The first-order chi connectivity index (χ1) is 15.3. The highest BCUT2D eigenvalue weighted by Gasteiger charge is 2.40. The van der Waals surface area contributed by atoms with Gasteiger partial charge >= 0.3 is 0 Å². The van der Waals surface area contributed by atoms with Gasteiger partial charge in [-0.1, -0.05) is 42.5 Å². The molecule has 4 rings (SSSR count). The first-order valence-corrected chi connectivity index (χ1v) is 11.9. The molecule has 1 amide bonds. The summed E-state index contributed by atoms with van der Waals surface area (Å²) in [5, 5.41) is 0. The van der Waals surface area contributed by atoms with Gasteiger partial charge in [-0.2, -0.15) is 0 Å². The molecule has 0 aromatic heterocycles. The van der Waals surface area contributed by atoms with Gasteiger partial charge in [-0.05, 0) is 49.2 Å². The van der Waals surface area contributed by atoms with E-state index in [-0.39, 0.29) is 22.9 Å². The van der Waals surface area contributed by atoms with E-state index in [4.69, 9.17) is 4.74 Å². The maximum absolute atomic E-state index is 13.7. The number of rotatable bonds is 5. The van der Waals surface area contributed by atoms with Gasteiger partial charge < -0.3 is 9.64 Å². The van der Waals surface area contributed by atoms with Crippen LogP contribution in [-0.2, 0) is 14.8 Å². The predicted octanol–water partition coefficient (Wildman–Crippen LogP) is 4.78. The van der Waals surface area contributed by atoms with Gasteiger partial charge in [0, 0.05) is 24.7 Å². The normalized spacial score (nSPS) is 18.0. The van der Waals surface area contributed by atoms with Crippen LogP contribution in [0.2, 0.25) is 0 Å². The molecule has 0 aliphatic carbocycles. The molecule has 2 unspecified atom stereocenters. The Bertz CT molecular complexity index is 1230. The van der Waals surface area contributed by atoms with E-state index in [1.807, 2.05) is 55.5 Å². The highest BCUT2D eigenvalue weighted by atomic mass is 32.2. The van der Waals surface area contributed by atoms with Crippen LogP contribution < -0.4 is 13.9 Å². The first-order valence-electron chi connectivity index (χ1n) is 10.5. The minimum absolute atomic E-state index is 0.0905. The van der Waals surface area contributed by atoms with Gasteiger partial charge in [-0.15, -0.1) is 0 Å². The molecule has 166 valence electrons. The predicted molar refractivity (Wildman–Crippen MR) is 126 cm³/mol. The number of carbonyl (C=O) groups is 1. The molecule has 7 heteroatoms. The Hall–Kier alpha value is -3.32. The van der Waals surface area contributed by atoms with Crippen molar-refractivity contribution in [3.8, 4) is 5.75 Å². The third kappa shape index (κ3) is 3.84. The number of anilines is 2. The Morgan fingerprint density at radius 1 is 1.00 bits per heavy atom. The fourth-order valence-electron chi connectivity index (χ4n) is 4.41. The molecule has 1 aliphatic rings. The summed E-state index contributed by atoms with van der Waals surface area (Å²) in [7, 11) is -2.33. The Morgan fingerprint density at radius 2 is 1.69 bits per heavy atom. The zero-order chi connectivity index (χ0) is 22.9. The average molecular weight is 451 g/mol. The van der Waals surface area contributed by atoms with E-state index in [0.717, 1.165) is 11.3 Å². The molecule has 0 N–H and O–H groups in total. The third-order valence-electron chi connectivity index (χ3n) is 5.78. The molecule has 32 heavy (non-hydrogen) atoms. The maximum Gasteiger partial charge on any atom is 0.264 e. The molecule has 0 fully saturated rings. The molecule has 6 nitrogen and oxygen atoms in total. The molecule has 3 aromatic carbocycles. The average Bonchev–Trinajstić information content (AvgIpc) is 2.79. The van der Waals surface area contributed by atoms with Crippen LogP contribution in [0.3, 0.4) is 0 Å². The lowest BCUT2D eigenvalue weighted by Gasteiger charge is -2.43. The van der Waals surface area contributed by atoms with E-state index in [0.29, 0.717) is 17.9 Å². The molecule has 0 saturated heterocycles. The number of hydrogen-bond acceptors (Lipinski definition) is 4. The number of benzene rings is 3. The fraction of sp³-hybridized carbons (Fsp3) is 0.240. The quantitative estimate of drug-likeness (QED) is 0.561. The van der Waals surface area contributed by atoms with Crippen molar-refractivity contribution in [2.24, 2.45) is 0 Å². The Kier molecular flexibility index (Phi) is 5.93. The van der Waals surface area contributed by atoms with Crippen LogP contribution in [0, 0.1) is 0 Å². The summed E-state index contributed by atoms with van der Waals surface area (Å²) in [6.07, 6.45) is 0.467. The Labute approximate surface area is 189 Å². The lowest BCUT2D eigenvalue weighted by Crippen LogP contribution is -2.47. The lowest BCUT2D eigenvalue weighted by atomic mass is 9.91. The summed E-state index contributed by atoms with van der Waals surface area (Å²) in [4.78, 5) is 14.6. The topological polar surface area (TPSA) is 66.9 Å². The number of carbonyl (C=O) groups excluding carboxylic acids is 1. The summed E-state index contributed by atoms with van der Waals surface area (Å²) >= 11 is 0. The van der Waals surface area contributed by atoms with Gasteiger partial charge in [-0.25, -0.2) is 8.42 Å².